The molecule has 0 saturated carbocycles. The predicted molar refractivity (Wildman–Crippen MR) is 78.9 cm³/mol. The highest BCUT2D eigenvalue weighted by atomic mass is 31.0. The highest BCUT2D eigenvalue weighted by Crippen LogP contribution is 2.38. The molecule has 0 aliphatic heterocycles. The minimum absolute atomic E-state index is 0.0968. The lowest BCUT2D eigenvalue weighted by Crippen LogP contribution is -2.18. The standard InChI is InChI=1S/C15H25OP/c1-10-8-13(16-17)12(15(5,6)7)9-11(10)14(2,3)4/h8-9H,17H2,1-7H3. The molecule has 0 heterocycles. The molecule has 0 spiro atoms. The Morgan fingerprint density at radius 1 is 0.882 bits per heavy atom. The van der Waals surface area contributed by atoms with Crippen LogP contribution in [0.2, 0.25) is 0 Å². The van der Waals surface area contributed by atoms with E-state index in [0.29, 0.717) is 0 Å². The highest BCUT2D eigenvalue weighted by Gasteiger charge is 2.24. The molecule has 0 bridgehead atoms. The van der Waals surface area contributed by atoms with Crippen molar-refractivity contribution in [1.82, 2.24) is 0 Å². The van der Waals surface area contributed by atoms with E-state index in [1.54, 1.807) is 0 Å². The van der Waals surface area contributed by atoms with E-state index in [0.717, 1.165) is 5.75 Å². The van der Waals surface area contributed by atoms with E-state index in [4.69, 9.17) is 4.52 Å². The Labute approximate surface area is 108 Å². The molecule has 1 aromatic carbocycles. The summed E-state index contributed by atoms with van der Waals surface area (Å²) in [5.41, 5.74) is 4.22. The van der Waals surface area contributed by atoms with Gasteiger partial charge in [-0.15, -0.1) is 0 Å². The van der Waals surface area contributed by atoms with Gasteiger partial charge in [0.15, 0.2) is 0 Å². The summed E-state index contributed by atoms with van der Waals surface area (Å²) in [5, 5.41) is 0. The third kappa shape index (κ3) is 3.22. The zero-order valence-corrected chi connectivity index (χ0v) is 13.3. The number of benzene rings is 1. The molecule has 1 nitrogen and oxygen atoms in total. The van der Waals surface area contributed by atoms with Crippen LogP contribution in [0.4, 0.5) is 0 Å². The molecule has 0 aliphatic rings. The topological polar surface area (TPSA) is 9.23 Å². The molecule has 96 valence electrons. The Morgan fingerprint density at radius 2 is 1.35 bits per heavy atom. The third-order valence-corrected chi connectivity index (χ3v) is 3.32. The first kappa shape index (κ1) is 14.5. The first-order chi connectivity index (χ1) is 7.57. The first-order valence-corrected chi connectivity index (χ1v) is 6.57. The van der Waals surface area contributed by atoms with Crippen molar-refractivity contribution >= 4 is 9.47 Å². The molecule has 0 N–H and O–H groups in total. The van der Waals surface area contributed by atoms with E-state index in [9.17, 15) is 0 Å². The van der Waals surface area contributed by atoms with Crippen LogP contribution in [-0.4, -0.2) is 0 Å². The number of hydrogen-bond acceptors (Lipinski definition) is 1. The largest absolute Gasteiger partial charge is 0.480 e. The molecule has 2 heteroatoms. The quantitative estimate of drug-likeness (QED) is 0.655. The number of hydrogen-bond donors (Lipinski definition) is 0. The van der Waals surface area contributed by atoms with Gasteiger partial charge in [-0.25, -0.2) is 0 Å². The van der Waals surface area contributed by atoms with Crippen molar-refractivity contribution in [3.05, 3.63) is 28.8 Å². The fourth-order valence-electron chi connectivity index (χ4n) is 2.17. The maximum absolute atomic E-state index is 5.44. The summed E-state index contributed by atoms with van der Waals surface area (Å²) >= 11 is 0. The Morgan fingerprint density at radius 3 is 1.71 bits per heavy atom. The average Bonchev–Trinajstić information content (AvgIpc) is 2.13. The Kier molecular flexibility index (Phi) is 3.94. The van der Waals surface area contributed by atoms with E-state index < -0.39 is 0 Å². The molecule has 0 radical (unpaired) electrons. The van der Waals surface area contributed by atoms with Crippen LogP contribution in [-0.2, 0) is 10.8 Å². The minimum atomic E-state index is 0.0968. The SMILES string of the molecule is Cc1cc(OP)c(C(C)(C)C)cc1C(C)(C)C. The second-order valence-electron chi connectivity index (χ2n) is 6.78. The maximum Gasteiger partial charge on any atom is 0.126 e. The molecule has 1 aromatic rings. The molecule has 0 aromatic heterocycles. The van der Waals surface area contributed by atoms with E-state index in [-0.39, 0.29) is 10.8 Å². The summed E-state index contributed by atoms with van der Waals surface area (Å²) in [6, 6.07) is 4.45. The molecule has 17 heavy (non-hydrogen) atoms. The molecule has 0 saturated heterocycles. The Balaban J connectivity index is 3.49. The molecule has 1 unspecified atom stereocenters. The second kappa shape index (κ2) is 4.61. The van der Waals surface area contributed by atoms with Crippen LogP contribution in [0.3, 0.4) is 0 Å². The molecule has 0 aliphatic carbocycles. The number of rotatable bonds is 1. The monoisotopic (exact) mass is 252 g/mol. The lowest BCUT2D eigenvalue weighted by atomic mass is 9.78. The van der Waals surface area contributed by atoms with Crippen LogP contribution in [0.5, 0.6) is 5.75 Å². The van der Waals surface area contributed by atoms with Gasteiger partial charge in [0.25, 0.3) is 0 Å². The lowest BCUT2D eigenvalue weighted by molar-refractivity contribution is 0.534. The van der Waals surface area contributed by atoms with Gasteiger partial charge in [-0.05, 0) is 34.9 Å². The zero-order valence-electron chi connectivity index (χ0n) is 12.1. The van der Waals surface area contributed by atoms with Gasteiger partial charge in [0.2, 0.25) is 0 Å². The highest BCUT2D eigenvalue weighted by molar-refractivity contribution is 7.10. The summed E-state index contributed by atoms with van der Waals surface area (Å²) < 4.78 is 5.44. The van der Waals surface area contributed by atoms with Crippen molar-refractivity contribution in [3.8, 4) is 5.75 Å². The van der Waals surface area contributed by atoms with Crippen LogP contribution in [0.15, 0.2) is 12.1 Å². The van der Waals surface area contributed by atoms with Gasteiger partial charge in [-0.3, -0.25) is 0 Å². The maximum atomic E-state index is 5.44. The molecule has 1 rings (SSSR count). The zero-order chi connectivity index (χ0) is 13.4. The van der Waals surface area contributed by atoms with Crippen molar-refractivity contribution in [3.63, 3.8) is 0 Å². The summed E-state index contributed by atoms with van der Waals surface area (Å²) in [6.45, 7) is 15.6. The van der Waals surface area contributed by atoms with Gasteiger partial charge >= 0.3 is 0 Å². The van der Waals surface area contributed by atoms with Crippen LogP contribution < -0.4 is 4.52 Å². The second-order valence-corrected chi connectivity index (χ2v) is 7.02. The minimum Gasteiger partial charge on any atom is -0.480 e. The van der Waals surface area contributed by atoms with Crippen molar-refractivity contribution < 1.29 is 4.52 Å². The van der Waals surface area contributed by atoms with Crippen molar-refractivity contribution in [2.24, 2.45) is 0 Å². The van der Waals surface area contributed by atoms with Gasteiger partial charge in [0.05, 0.1) is 9.47 Å². The lowest BCUT2D eigenvalue weighted by Gasteiger charge is -2.28. The fraction of sp³-hybridized carbons (Fsp3) is 0.600. The first-order valence-electron chi connectivity index (χ1n) is 6.09. The van der Waals surface area contributed by atoms with Crippen molar-refractivity contribution in [2.45, 2.75) is 59.3 Å². The summed E-state index contributed by atoms with van der Waals surface area (Å²) in [5.74, 6) is 0.966. The predicted octanol–water partition coefficient (Wildman–Crippen LogP) is 4.76. The van der Waals surface area contributed by atoms with Gasteiger partial charge in [0.1, 0.15) is 5.75 Å². The van der Waals surface area contributed by atoms with Gasteiger partial charge in [0, 0.05) is 5.56 Å². The third-order valence-electron chi connectivity index (χ3n) is 3.07. The van der Waals surface area contributed by atoms with Crippen LogP contribution >= 0.6 is 9.47 Å². The van der Waals surface area contributed by atoms with Crippen LogP contribution in [0.1, 0.15) is 58.2 Å². The van der Waals surface area contributed by atoms with Gasteiger partial charge in [-0.1, -0.05) is 47.6 Å². The molecular weight excluding hydrogens is 227 g/mol. The molecule has 0 amide bonds. The average molecular weight is 252 g/mol. The van der Waals surface area contributed by atoms with Crippen LogP contribution in [0.25, 0.3) is 0 Å². The fourth-order valence-corrected chi connectivity index (χ4v) is 2.37. The van der Waals surface area contributed by atoms with E-state index >= 15 is 0 Å². The van der Waals surface area contributed by atoms with Crippen molar-refractivity contribution in [1.29, 1.82) is 0 Å². The summed E-state index contributed by atoms with van der Waals surface area (Å²) in [7, 11) is 2.35. The van der Waals surface area contributed by atoms with E-state index in [1.807, 2.05) is 0 Å². The van der Waals surface area contributed by atoms with Gasteiger partial charge in [-0.2, -0.15) is 0 Å². The van der Waals surface area contributed by atoms with E-state index in [2.05, 4.69) is 70.1 Å². The van der Waals surface area contributed by atoms with Crippen molar-refractivity contribution in [2.75, 3.05) is 0 Å². The normalized spacial score (nSPS) is 12.7. The van der Waals surface area contributed by atoms with E-state index in [1.165, 1.54) is 16.7 Å². The van der Waals surface area contributed by atoms with Gasteiger partial charge < -0.3 is 4.52 Å². The summed E-state index contributed by atoms with van der Waals surface area (Å²) in [4.78, 5) is 0. The van der Waals surface area contributed by atoms with Crippen LogP contribution in [0, 0.1) is 6.92 Å². The Bertz CT molecular complexity index is 408. The molecular formula is C15H25OP. The summed E-state index contributed by atoms with van der Waals surface area (Å²) in [6.07, 6.45) is 0. The Hall–Kier alpha value is -0.550. The smallest absolute Gasteiger partial charge is 0.126 e. The molecule has 0 fully saturated rings. The number of aryl methyl sites for hydroxylation is 1. The molecule has 1 atom stereocenters.